The van der Waals surface area contributed by atoms with Crippen LogP contribution in [0.5, 0.6) is 0 Å². The molecule has 0 atom stereocenters. The monoisotopic (exact) mass is 370 g/mol. The zero-order valence-corrected chi connectivity index (χ0v) is 15.6. The van der Waals surface area contributed by atoms with E-state index in [0.717, 1.165) is 11.1 Å². The number of urea groups is 1. The third kappa shape index (κ3) is 4.72. The van der Waals surface area contributed by atoms with Crippen molar-refractivity contribution in [2.75, 3.05) is 12.4 Å². The maximum atomic E-state index is 13.4. The highest BCUT2D eigenvalue weighted by atomic mass is 19.1. The Kier molecular flexibility index (Phi) is 5.54. The van der Waals surface area contributed by atoms with E-state index in [1.54, 1.807) is 41.2 Å². The molecule has 0 saturated heterocycles. The number of amides is 2. The number of benzene rings is 1. The average molecular weight is 370 g/mol. The van der Waals surface area contributed by atoms with Gasteiger partial charge in [0.05, 0.1) is 25.5 Å². The number of rotatable bonds is 6. The molecule has 0 aliphatic heterocycles. The maximum absolute atomic E-state index is 13.4. The smallest absolute Gasteiger partial charge is 0.323 e. The molecule has 0 aliphatic carbocycles. The van der Waals surface area contributed by atoms with Crippen molar-refractivity contribution in [1.29, 1.82) is 0 Å². The molecule has 8 heteroatoms. The second-order valence-corrected chi connectivity index (χ2v) is 6.71. The molecular weight excluding hydrogens is 347 g/mol. The van der Waals surface area contributed by atoms with E-state index in [1.807, 2.05) is 30.8 Å². The molecule has 2 aromatic heterocycles. The Balaban J connectivity index is 1.63. The fourth-order valence-electron chi connectivity index (χ4n) is 2.67. The zero-order valence-electron chi connectivity index (χ0n) is 15.6. The van der Waals surface area contributed by atoms with Gasteiger partial charge in [-0.2, -0.15) is 10.2 Å². The van der Waals surface area contributed by atoms with E-state index in [2.05, 4.69) is 15.5 Å². The largest absolute Gasteiger partial charge is 0.323 e. The van der Waals surface area contributed by atoms with Crippen molar-refractivity contribution in [2.24, 2.45) is 0 Å². The summed E-state index contributed by atoms with van der Waals surface area (Å²) in [5, 5.41) is 11.3. The van der Waals surface area contributed by atoms with Crippen molar-refractivity contribution in [2.45, 2.75) is 33.0 Å². The van der Waals surface area contributed by atoms with E-state index >= 15 is 0 Å². The Labute approximate surface area is 157 Å². The number of anilines is 1. The Morgan fingerprint density at radius 2 is 2.07 bits per heavy atom. The predicted octanol–water partition coefficient (Wildman–Crippen LogP) is 3.51. The van der Waals surface area contributed by atoms with Gasteiger partial charge in [0.1, 0.15) is 11.6 Å². The van der Waals surface area contributed by atoms with Crippen molar-refractivity contribution >= 4 is 11.8 Å². The summed E-state index contributed by atoms with van der Waals surface area (Å²) in [6.45, 7) is 4.90. The molecule has 0 fully saturated rings. The van der Waals surface area contributed by atoms with Crippen LogP contribution in [-0.4, -0.2) is 37.5 Å². The average Bonchev–Trinajstić information content (AvgIpc) is 3.25. The van der Waals surface area contributed by atoms with Gasteiger partial charge in [-0.1, -0.05) is 12.1 Å². The molecule has 0 spiro atoms. The molecule has 0 bridgehead atoms. The molecule has 1 N–H and O–H groups in total. The van der Waals surface area contributed by atoms with E-state index in [9.17, 15) is 9.18 Å². The van der Waals surface area contributed by atoms with Gasteiger partial charge in [0.15, 0.2) is 0 Å². The molecule has 7 nitrogen and oxygen atoms in total. The zero-order chi connectivity index (χ0) is 19.4. The highest BCUT2D eigenvalue weighted by molar-refractivity contribution is 5.88. The minimum Gasteiger partial charge on any atom is -0.323 e. The van der Waals surface area contributed by atoms with Gasteiger partial charge in [0.25, 0.3) is 0 Å². The van der Waals surface area contributed by atoms with Gasteiger partial charge in [-0.05, 0) is 31.5 Å². The molecule has 142 valence electrons. The number of nitrogens with zero attached hydrogens (tertiary/aromatic N) is 5. The van der Waals surface area contributed by atoms with Crippen molar-refractivity contribution in [3.63, 3.8) is 0 Å². The third-order valence-corrected chi connectivity index (χ3v) is 4.12. The number of hydrogen-bond acceptors (Lipinski definition) is 3. The Morgan fingerprint density at radius 3 is 2.78 bits per heavy atom. The summed E-state index contributed by atoms with van der Waals surface area (Å²) >= 11 is 0. The van der Waals surface area contributed by atoms with Gasteiger partial charge < -0.3 is 4.90 Å². The fraction of sp³-hybridized carbons (Fsp3) is 0.316. The standard InChI is InChI=1S/C19H23FN6O/c1-14(2)25-13-16(10-22-25)11-24(3)19(27)23-18-7-8-21-26(18)12-15-5-4-6-17(20)9-15/h4-10,13-14H,11-12H2,1-3H3,(H,23,27). The summed E-state index contributed by atoms with van der Waals surface area (Å²) in [5.41, 5.74) is 1.72. The molecule has 3 aromatic rings. The highest BCUT2D eigenvalue weighted by Crippen LogP contribution is 2.13. The lowest BCUT2D eigenvalue weighted by Gasteiger charge is -2.17. The Hall–Kier alpha value is -3.16. The minimum atomic E-state index is -0.299. The van der Waals surface area contributed by atoms with E-state index in [-0.39, 0.29) is 17.9 Å². The minimum absolute atomic E-state index is 0.256. The molecule has 1 aromatic carbocycles. The molecule has 2 amide bonds. The second-order valence-electron chi connectivity index (χ2n) is 6.71. The van der Waals surface area contributed by atoms with Crippen LogP contribution < -0.4 is 5.32 Å². The molecule has 0 unspecified atom stereocenters. The van der Waals surface area contributed by atoms with Crippen LogP contribution in [0.15, 0.2) is 48.9 Å². The molecule has 0 saturated carbocycles. The van der Waals surface area contributed by atoms with Gasteiger partial charge in [-0.25, -0.2) is 13.9 Å². The maximum Gasteiger partial charge on any atom is 0.323 e. The number of carbonyl (C=O) groups excluding carboxylic acids is 1. The van der Waals surface area contributed by atoms with Crippen LogP contribution in [0, 0.1) is 5.82 Å². The van der Waals surface area contributed by atoms with E-state index in [1.165, 1.54) is 12.1 Å². The Bertz CT molecular complexity index is 916. The van der Waals surface area contributed by atoms with Gasteiger partial charge >= 0.3 is 6.03 Å². The topological polar surface area (TPSA) is 68.0 Å². The number of halogens is 1. The first-order valence-corrected chi connectivity index (χ1v) is 8.74. The summed E-state index contributed by atoms with van der Waals surface area (Å²) in [6.07, 6.45) is 5.29. The molecular formula is C19H23FN6O. The number of nitrogens with one attached hydrogen (secondary N) is 1. The first-order chi connectivity index (χ1) is 12.9. The van der Waals surface area contributed by atoms with Gasteiger partial charge in [0, 0.05) is 30.9 Å². The first kappa shape index (κ1) is 18.6. The third-order valence-electron chi connectivity index (χ3n) is 4.12. The number of hydrogen-bond donors (Lipinski definition) is 1. The van der Waals surface area contributed by atoms with Gasteiger partial charge in [0.2, 0.25) is 0 Å². The van der Waals surface area contributed by atoms with E-state index in [0.29, 0.717) is 18.9 Å². The van der Waals surface area contributed by atoms with Crippen LogP contribution >= 0.6 is 0 Å². The van der Waals surface area contributed by atoms with Gasteiger partial charge in [-0.15, -0.1) is 0 Å². The number of carbonyl (C=O) groups is 1. The van der Waals surface area contributed by atoms with Crippen LogP contribution in [0.2, 0.25) is 0 Å². The van der Waals surface area contributed by atoms with Crippen LogP contribution in [-0.2, 0) is 13.1 Å². The molecule has 3 rings (SSSR count). The van der Waals surface area contributed by atoms with E-state index in [4.69, 9.17) is 0 Å². The van der Waals surface area contributed by atoms with Crippen molar-refractivity contribution < 1.29 is 9.18 Å². The molecule has 0 radical (unpaired) electrons. The first-order valence-electron chi connectivity index (χ1n) is 8.74. The van der Waals surface area contributed by atoms with E-state index < -0.39 is 0 Å². The highest BCUT2D eigenvalue weighted by Gasteiger charge is 2.14. The quantitative estimate of drug-likeness (QED) is 0.722. The number of aromatic nitrogens is 4. The lowest BCUT2D eigenvalue weighted by molar-refractivity contribution is 0.220. The molecule has 2 heterocycles. The summed E-state index contributed by atoms with van der Waals surface area (Å²) < 4.78 is 16.8. The van der Waals surface area contributed by atoms with Crippen molar-refractivity contribution in [3.8, 4) is 0 Å². The van der Waals surface area contributed by atoms with Crippen LogP contribution in [0.1, 0.15) is 31.0 Å². The lowest BCUT2D eigenvalue weighted by atomic mass is 10.2. The SMILES string of the molecule is CC(C)n1cc(CN(C)C(=O)Nc2ccnn2Cc2cccc(F)c2)cn1. The second kappa shape index (κ2) is 8.03. The predicted molar refractivity (Wildman–Crippen MR) is 101 cm³/mol. The summed E-state index contributed by atoms with van der Waals surface area (Å²) in [6, 6.07) is 8.04. The summed E-state index contributed by atoms with van der Waals surface area (Å²) in [5.74, 6) is 0.251. The Morgan fingerprint density at radius 1 is 1.26 bits per heavy atom. The van der Waals surface area contributed by atoms with Crippen LogP contribution in [0.3, 0.4) is 0 Å². The normalized spacial score (nSPS) is 11.0. The molecule has 0 aliphatic rings. The fourth-order valence-corrected chi connectivity index (χ4v) is 2.67. The summed E-state index contributed by atoms with van der Waals surface area (Å²) in [4.78, 5) is 14.1. The lowest BCUT2D eigenvalue weighted by Crippen LogP contribution is -2.31. The van der Waals surface area contributed by atoms with Gasteiger partial charge in [-0.3, -0.25) is 10.00 Å². The van der Waals surface area contributed by atoms with Crippen molar-refractivity contribution in [1.82, 2.24) is 24.5 Å². The van der Waals surface area contributed by atoms with Crippen molar-refractivity contribution in [3.05, 3.63) is 65.9 Å². The summed E-state index contributed by atoms with van der Waals surface area (Å²) in [7, 11) is 1.72. The van der Waals surface area contributed by atoms with Crippen LogP contribution in [0.4, 0.5) is 15.0 Å². The molecule has 27 heavy (non-hydrogen) atoms. The van der Waals surface area contributed by atoms with Crippen LogP contribution in [0.25, 0.3) is 0 Å².